The van der Waals surface area contributed by atoms with Gasteiger partial charge in [0.25, 0.3) is 0 Å². The molecule has 1 aliphatic rings. The molecular formula is C19H18BrN5O2S. The number of anilines is 1. The second kappa shape index (κ2) is 7.84. The number of hydrogen-bond acceptors (Lipinski definition) is 6. The number of para-hydroxylation sites is 1. The van der Waals surface area contributed by atoms with Gasteiger partial charge in [0.2, 0.25) is 11.1 Å². The molecular weight excluding hydrogens is 442 g/mol. The molecule has 7 nitrogen and oxygen atoms in total. The number of carbonyl (C=O) groups is 1. The Morgan fingerprint density at radius 1 is 1.25 bits per heavy atom. The maximum atomic E-state index is 13.1. The number of aromatic nitrogens is 3. The molecule has 1 aromatic heterocycles. The van der Waals surface area contributed by atoms with Gasteiger partial charge >= 0.3 is 0 Å². The largest absolute Gasteiger partial charge is 0.496 e. The van der Waals surface area contributed by atoms with E-state index in [9.17, 15) is 4.79 Å². The summed E-state index contributed by atoms with van der Waals surface area (Å²) in [5.41, 5.74) is 5.10. The maximum Gasteiger partial charge on any atom is 0.240 e. The number of nitrogens with zero attached hydrogens (tertiary/aromatic N) is 3. The zero-order valence-electron chi connectivity index (χ0n) is 15.2. The van der Waals surface area contributed by atoms with Crippen LogP contribution < -0.4 is 15.5 Å². The summed E-state index contributed by atoms with van der Waals surface area (Å²) in [5, 5.41) is 11.5. The summed E-state index contributed by atoms with van der Waals surface area (Å²) >= 11 is 4.92. The molecule has 0 spiro atoms. The van der Waals surface area contributed by atoms with E-state index >= 15 is 0 Å². The first-order chi connectivity index (χ1) is 13.6. The third kappa shape index (κ3) is 3.59. The molecule has 0 aliphatic carbocycles. The molecule has 9 heteroatoms. The SMILES string of the molecule is COc1ccc([C@H]2Nn3c(C)nnc3S[C@H]2C(=O)Nc2ccccc2)cc1Br. The third-order valence-electron chi connectivity index (χ3n) is 4.43. The number of aryl methyl sites for hydroxylation is 1. The Kier molecular flexibility index (Phi) is 5.27. The minimum atomic E-state index is -0.434. The van der Waals surface area contributed by atoms with Crippen LogP contribution in [0.5, 0.6) is 5.75 Å². The standard InChI is InChI=1S/C19H18BrN5O2S/c1-11-22-23-19-25(11)24-16(12-8-9-15(27-2)14(20)10-12)17(28-19)18(26)21-13-6-4-3-5-7-13/h3-10,16-17,24H,1-2H3,(H,21,26)/t16-,17-/m1/s1. The second-order valence-electron chi connectivity index (χ2n) is 6.26. The van der Waals surface area contributed by atoms with Crippen LogP contribution in [0.3, 0.4) is 0 Å². The van der Waals surface area contributed by atoms with Gasteiger partial charge in [0.1, 0.15) is 16.8 Å². The lowest BCUT2D eigenvalue weighted by atomic mass is 10.0. The number of methoxy groups -OCH3 is 1. The van der Waals surface area contributed by atoms with Crippen LogP contribution in [-0.2, 0) is 4.79 Å². The van der Waals surface area contributed by atoms with Gasteiger partial charge in [-0.3, -0.25) is 4.79 Å². The summed E-state index contributed by atoms with van der Waals surface area (Å²) in [7, 11) is 1.62. The number of thioether (sulfide) groups is 1. The van der Waals surface area contributed by atoms with Crippen LogP contribution in [0.1, 0.15) is 17.4 Å². The van der Waals surface area contributed by atoms with Crippen LogP contribution >= 0.6 is 27.7 Å². The fourth-order valence-corrected chi connectivity index (χ4v) is 4.71. The quantitative estimate of drug-likeness (QED) is 0.618. The molecule has 4 rings (SSSR count). The Labute approximate surface area is 175 Å². The third-order valence-corrected chi connectivity index (χ3v) is 6.27. The molecule has 2 atom stereocenters. The highest BCUT2D eigenvalue weighted by molar-refractivity contribution is 9.10. The first-order valence-corrected chi connectivity index (χ1v) is 10.3. The van der Waals surface area contributed by atoms with Crippen LogP contribution in [0.25, 0.3) is 0 Å². The Hall–Kier alpha value is -2.52. The van der Waals surface area contributed by atoms with Crippen molar-refractivity contribution in [2.24, 2.45) is 0 Å². The van der Waals surface area contributed by atoms with Crippen molar-refractivity contribution in [3.05, 3.63) is 64.4 Å². The monoisotopic (exact) mass is 459 g/mol. The fourth-order valence-electron chi connectivity index (χ4n) is 3.02. The van der Waals surface area contributed by atoms with Crippen molar-refractivity contribution >= 4 is 39.3 Å². The zero-order chi connectivity index (χ0) is 19.7. The number of carbonyl (C=O) groups excluding carboxylic acids is 1. The van der Waals surface area contributed by atoms with E-state index in [1.807, 2.05) is 60.1 Å². The highest BCUT2D eigenvalue weighted by Gasteiger charge is 2.37. The smallest absolute Gasteiger partial charge is 0.240 e. The molecule has 2 aromatic carbocycles. The average Bonchev–Trinajstić information content (AvgIpc) is 3.08. The number of nitrogens with one attached hydrogen (secondary N) is 2. The van der Waals surface area contributed by atoms with E-state index in [0.29, 0.717) is 5.16 Å². The summed E-state index contributed by atoms with van der Waals surface area (Å²) in [6.45, 7) is 1.87. The van der Waals surface area contributed by atoms with E-state index in [-0.39, 0.29) is 11.9 Å². The molecule has 1 amide bonds. The van der Waals surface area contributed by atoms with Crippen molar-refractivity contribution in [1.82, 2.24) is 14.9 Å². The van der Waals surface area contributed by atoms with Gasteiger partial charge in [-0.05, 0) is 52.7 Å². The number of halogens is 1. The summed E-state index contributed by atoms with van der Waals surface area (Å²) in [6, 6.07) is 14.9. The van der Waals surface area contributed by atoms with Gasteiger partial charge in [-0.15, -0.1) is 10.2 Å². The normalized spacial score (nSPS) is 18.1. The van der Waals surface area contributed by atoms with Crippen molar-refractivity contribution in [2.45, 2.75) is 23.4 Å². The predicted octanol–water partition coefficient (Wildman–Crippen LogP) is 3.76. The number of amides is 1. The first kappa shape index (κ1) is 18.8. The van der Waals surface area contributed by atoms with Gasteiger partial charge in [0.05, 0.1) is 17.6 Å². The van der Waals surface area contributed by atoms with Crippen molar-refractivity contribution in [2.75, 3.05) is 17.9 Å². The van der Waals surface area contributed by atoms with Crippen LogP contribution in [0.2, 0.25) is 0 Å². The molecule has 3 aromatic rings. The minimum absolute atomic E-state index is 0.104. The number of fused-ring (bicyclic) bond motifs is 1. The van der Waals surface area contributed by atoms with Crippen molar-refractivity contribution in [1.29, 1.82) is 0 Å². The second-order valence-corrected chi connectivity index (χ2v) is 8.22. The topological polar surface area (TPSA) is 81.1 Å². The summed E-state index contributed by atoms with van der Waals surface area (Å²) in [6.07, 6.45) is 0. The predicted molar refractivity (Wildman–Crippen MR) is 112 cm³/mol. The summed E-state index contributed by atoms with van der Waals surface area (Å²) in [5.74, 6) is 1.37. The fraction of sp³-hybridized carbons (Fsp3) is 0.211. The number of benzene rings is 2. The summed E-state index contributed by atoms with van der Waals surface area (Å²) < 4.78 is 7.97. The highest BCUT2D eigenvalue weighted by Crippen LogP contribution is 2.39. The maximum absolute atomic E-state index is 13.1. The van der Waals surface area contributed by atoms with Gasteiger partial charge in [-0.25, -0.2) is 4.68 Å². The Bertz CT molecular complexity index is 1010. The van der Waals surface area contributed by atoms with E-state index in [2.05, 4.69) is 36.9 Å². The summed E-state index contributed by atoms with van der Waals surface area (Å²) in [4.78, 5) is 13.1. The van der Waals surface area contributed by atoms with Crippen LogP contribution in [0.15, 0.2) is 58.2 Å². The van der Waals surface area contributed by atoms with E-state index in [4.69, 9.17) is 4.74 Å². The molecule has 2 heterocycles. The molecule has 0 bridgehead atoms. The van der Waals surface area contributed by atoms with Gasteiger partial charge in [-0.2, -0.15) is 0 Å². The zero-order valence-corrected chi connectivity index (χ0v) is 17.6. The van der Waals surface area contributed by atoms with Crippen molar-refractivity contribution in [3.63, 3.8) is 0 Å². The van der Waals surface area contributed by atoms with Gasteiger partial charge in [-0.1, -0.05) is 36.0 Å². The molecule has 0 unspecified atom stereocenters. The van der Waals surface area contributed by atoms with Gasteiger partial charge < -0.3 is 15.5 Å². The Balaban J connectivity index is 1.69. The van der Waals surface area contributed by atoms with E-state index < -0.39 is 5.25 Å². The Morgan fingerprint density at radius 3 is 2.75 bits per heavy atom. The van der Waals surface area contributed by atoms with Gasteiger partial charge in [0, 0.05) is 5.69 Å². The van der Waals surface area contributed by atoms with Crippen LogP contribution in [-0.4, -0.2) is 33.1 Å². The molecule has 0 saturated carbocycles. The molecule has 144 valence electrons. The van der Waals surface area contributed by atoms with E-state index in [1.54, 1.807) is 7.11 Å². The van der Waals surface area contributed by atoms with E-state index in [1.165, 1.54) is 11.8 Å². The van der Waals surface area contributed by atoms with Crippen LogP contribution in [0.4, 0.5) is 5.69 Å². The lowest BCUT2D eigenvalue weighted by Gasteiger charge is -2.33. The molecule has 0 radical (unpaired) electrons. The molecule has 2 N–H and O–H groups in total. The van der Waals surface area contributed by atoms with Crippen LogP contribution in [0, 0.1) is 6.92 Å². The van der Waals surface area contributed by atoms with E-state index in [0.717, 1.165) is 27.3 Å². The molecule has 1 aliphatic heterocycles. The van der Waals surface area contributed by atoms with Crippen molar-refractivity contribution < 1.29 is 9.53 Å². The minimum Gasteiger partial charge on any atom is -0.496 e. The average molecular weight is 460 g/mol. The lowest BCUT2D eigenvalue weighted by Crippen LogP contribution is -2.41. The lowest BCUT2D eigenvalue weighted by molar-refractivity contribution is -0.116. The molecule has 28 heavy (non-hydrogen) atoms. The molecule has 0 saturated heterocycles. The highest BCUT2D eigenvalue weighted by atomic mass is 79.9. The number of ether oxygens (including phenoxy) is 1. The Morgan fingerprint density at radius 2 is 2.04 bits per heavy atom. The number of rotatable bonds is 4. The van der Waals surface area contributed by atoms with Gasteiger partial charge in [0.15, 0.2) is 0 Å². The number of hydrogen-bond donors (Lipinski definition) is 2. The van der Waals surface area contributed by atoms with Crippen molar-refractivity contribution in [3.8, 4) is 5.75 Å². The first-order valence-electron chi connectivity index (χ1n) is 8.61. The molecule has 0 fully saturated rings.